The van der Waals surface area contributed by atoms with E-state index >= 15 is 0 Å². The Balaban J connectivity index is 6.67. The van der Waals surface area contributed by atoms with Gasteiger partial charge in [-0.1, -0.05) is 111 Å². The summed E-state index contributed by atoms with van der Waals surface area (Å²) in [5.41, 5.74) is 39.5. The number of hydrogen-bond acceptors (Lipinski definition) is 29. The van der Waals surface area contributed by atoms with Crippen molar-refractivity contribution in [3.05, 3.63) is 0 Å². The van der Waals surface area contributed by atoms with Gasteiger partial charge in [0, 0.05) is 31.3 Å². The van der Waals surface area contributed by atoms with E-state index in [2.05, 4.69) is 126 Å². The highest BCUT2D eigenvalue weighted by Crippen LogP contribution is 2.18. The molecule has 51 heteroatoms. The molecule has 0 unspecified atom stereocenters. The minimum absolute atomic E-state index is 0.0233. The summed E-state index contributed by atoms with van der Waals surface area (Å²) in [5, 5.41) is 58.5. The Hall–Kier alpha value is -11.2. The third-order valence-corrected chi connectivity index (χ3v) is 23.1. The number of thiol groups is 2. The van der Waals surface area contributed by atoms with Crippen LogP contribution in [-0.2, 0) is 105 Å². The summed E-state index contributed by atoms with van der Waals surface area (Å²) in [7, 11) is 0. The second kappa shape index (κ2) is 68.1. The van der Waals surface area contributed by atoms with E-state index in [1.807, 2.05) is 0 Å². The van der Waals surface area contributed by atoms with Crippen LogP contribution in [0.5, 0.6) is 0 Å². The lowest BCUT2D eigenvalue weighted by molar-refractivity contribution is -0.137. The van der Waals surface area contributed by atoms with Crippen LogP contribution < -0.4 is 141 Å². The SMILES string of the molecule is CC(=O)N[C@@H](CS)C(=O)N[C@H](C(=O)N[C@@H](CCCCN)C(=O)N[C@H](C(=O)N[C@@H](CCC(N)=O)C(=O)N[C@H](C(=O)N[C@@H](CCCCN)C(=O)N[C@H](C(=O)NCC(=O)N[C@@H](CO)C(=O)NCC(=O)N[C@H](C(=O)N[C@@H](CCCCN)C(=O)N[C@H](C(=O)N[C@@H](CCC(N)=O)C(=O)N[C@H](C(=O)N[C@@H](CCCCN)C(=O)N[C@H](C(=O)N[C@@H](CS)C(N)=O)C(C)C)C(C)C)C(C)C)C(C)C)C(C)C)C(C)C)C(C)C)C(C)C. The van der Waals surface area contributed by atoms with Crippen LogP contribution in [0.25, 0.3) is 0 Å². The molecule has 0 saturated heterocycles. The van der Waals surface area contributed by atoms with Crippen LogP contribution in [0.4, 0.5) is 0 Å². The van der Waals surface area contributed by atoms with Crippen molar-refractivity contribution in [2.45, 2.75) is 323 Å². The zero-order valence-corrected chi connectivity index (χ0v) is 85.8. The molecule has 0 rings (SSSR count). The Labute approximate surface area is 830 Å². The number of rotatable bonds is 71. The standard InChI is InChI=1S/C89H162N26O23S2/c1-43(2)65(109-75(124)52(26-18-22-34-90)102-84(133)67(45(5)6)113-79(128)56(30-32-61(94)118)106-88(137)70(48(11)12)111-77(126)54(28-20-24-36-92)104-86(135)71(49(13)14)115-81(130)60(42-140)99-51(17)117)82(131)98-38-63(120)100-58(40-116)74(123)97-39-64(121)108-66(44(3)4)83(132)101-53(27-19-23-35-91)76(125)110-69(47(9)10)87(136)105-57(31-33-62(95)119)80(129)114-68(46(7)8)85(134)103-55(29-21-25-37-93)78(127)112-72(50(15)16)89(138)107-59(41-139)73(96)122/h43-50,52-60,65-72,116,139-140H,18-42,90-93H2,1-17H3,(H2,94,118)(H2,95,119)(H2,96,122)(H,97,123)(H,98,131)(H,99,117)(H,100,120)(H,101,132)(H,102,133)(H,103,134)(H,104,135)(H,105,136)(H,106,137)(H,107,138)(H,108,121)(H,109,124)(H,110,125)(H,111,126)(H,112,127)(H,113,128)(H,114,129)(H,115,130)/t52-,53-,54-,55-,56-,57-,58-,59-,60-,65-,66-,67-,68-,69-,70-,71-,72-/m0/s1. The molecule has 0 aliphatic rings. The quantitative estimate of drug-likeness (QED) is 0.0199. The van der Waals surface area contributed by atoms with Gasteiger partial charge in [-0.05, 0) is 163 Å². The molecule has 0 spiro atoms. The fourth-order valence-corrected chi connectivity index (χ4v) is 14.5. The number of carbonyl (C=O) groups is 22. The van der Waals surface area contributed by atoms with Crippen molar-refractivity contribution < 1.29 is 111 Å². The third-order valence-electron chi connectivity index (χ3n) is 22.3. The molecule has 34 N–H and O–H groups in total. The highest BCUT2D eigenvalue weighted by Gasteiger charge is 2.42. The molecule has 0 aromatic rings. The van der Waals surface area contributed by atoms with Crippen molar-refractivity contribution >= 4 is 155 Å². The maximum absolute atomic E-state index is 14.4. The van der Waals surface area contributed by atoms with Crippen LogP contribution in [0.3, 0.4) is 0 Å². The smallest absolute Gasteiger partial charge is 0.245 e. The number of carbonyl (C=O) groups excluding carboxylic acids is 22. The molecule has 22 amide bonds. The summed E-state index contributed by atoms with van der Waals surface area (Å²) in [4.78, 5) is 300. The lowest BCUT2D eigenvalue weighted by atomic mass is 9.98. The molecule has 798 valence electrons. The average Bonchev–Trinajstić information content (AvgIpc) is 0.839. The molecule has 0 aromatic heterocycles. The molecular weight excluding hydrogens is 1870 g/mol. The summed E-state index contributed by atoms with van der Waals surface area (Å²) in [6, 6.07) is -23.6. The lowest BCUT2D eigenvalue weighted by Gasteiger charge is -2.30. The van der Waals surface area contributed by atoms with Gasteiger partial charge >= 0.3 is 0 Å². The van der Waals surface area contributed by atoms with E-state index in [0.29, 0.717) is 38.5 Å². The number of aliphatic hydroxyl groups is 1. The largest absolute Gasteiger partial charge is 0.394 e. The second-order valence-electron chi connectivity index (χ2n) is 37.2. The maximum atomic E-state index is 14.4. The summed E-state index contributed by atoms with van der Waals surface area (Å²) in [5.74, 6) is -25.0. The van der Waals surface area contributed by atoms with Crippen LogP contribution in [0.1, 0.15) is 220 Å². The molecule has 17 atom stereocenters. The van der Waals surface area contributed by atoms with Gasteiger partial charge in [0.05, 0.1) is 19.7 Å². The first-order valence-corrected chi connectivity index (χ1v) is 49.0. The third kappa shape index (κ3) is 48.8. The van der Waals surface area contributed by atoms with Gasteiger partial charge in [-0.2, -0.15) is 25.3 Å². The summed E-state index contributed by atoms with van der Waals surface area (Å²) < 4.78 is 0. The zero-order valence-electron chi connectivity index (χ0n) is 84.0. The minimum Gasteiger partial charge on any atom is -0.394 e. The van der Waals surface area contributed by atoms with Gasteiger partial charge in [-0.25, -0.2) is 0 Å². The van der Waals surface area contributed by atoms with Crippen LogP contribution in [0, 0.1) is 47.3 Å². The fraction of sp³-hybridized carbons (Fsp3) is 0.753. The Morgan fingerprint density at radius 2 is 0.443 bits per heavy atom. The van der Waals surface area contributed by atoms with Crippen molar-refractivity contribution in [2.24, 2.45) is 87.5 Å². The molecule has 140 heavy (non-hydrogen) atoms. The predicted octanol–water partition coefficient (Wildman–Crippen LogP) is -7.89. The molecule has 49 nitrogen and oxygen atoms in total. The average molecular weight is 2030 g/mol. The van der Waals surface area contributed by atoms with Crippen molar-refractivity contribution in [1.82, 2.24) is 101 Å². The van der Waals surface area contributed by atoms with E-state index in [4.69, 9.17) is 40.1 Å². The highest BCUT2D eigenvalue weighted by atomic mass is 32.1. The Kier molecular flexibility index (Phi) is 62.6. The van der Waals surface area contributed by atoms with Gasteiger partial charge in [0.2, 0.25) is 130 Å². The molecule has 0 aromatic carbocycles. The fourth-order valence-electron chi connectivity index (χ4n) is 13.9. The van der Waals surface area contributed by atoms with Crippen LogP contribution in [-0.4, -0.2) is 295 Å². The number of nitrogens with two attached hydrogens (primary N) is 7. The van der Waals surface area contributed by atoms with Gasteiger partial charge < -0.3 is 146 Å². The first-order valence-electron chi connectivity index (χ1n) is 47.7. The molecule has 0 bridgehead atoms. The monoisotopic (exact) mass is 2030 g/mol. The Morgan fingerprint density at radius 3 is 0.650 bits per heavy atom. The van der Waals surface area contributed by atoms with E-state index in [1.54, 1.807) is 111 Å². The topological polar surface area (TPSA) is 806 Å². The highest BCUT2D eigenvalue weighted by molar-refractivity contribution is 7.80. The first-order chi connectivity index (χ1) is 65.5. The predicted molar refractivity (Wildman–Crippen MR) is 526 cm³/mol. The summed E-state index contributed by atoms with van der Waals surface area (Å²) in [6.45, 7) is 24.5. The number of unbranched alkanes of at least 4 members (excludes halogenated alkanes) is 4. The zero-order chi connectivity index (χ0) is 107. The van der Waals surface area contributed by atoms with E-state index in [9.17, 15) is 111 Å². The van der Waals surface area contributed by atoms with Crippen LogP contribution in [0.15, 0.2) is 0 Å². The molecule has 0 heterocycles. The maximum Gasteiger partial charge on any atom is 0.245 e. The van der Waals surface area contributed by atoms with Crippen molar-refractivity contribution in [1.29, 1.82) is 0 Å². The number of aliphatic hydroxyl groups excluding tert-OH is 1. The summed E-state index contributed by atoms with van der Waals surface area (Å²) in [6.07, 6.45) is 0.895. The van der Waals surface area contributed by atoms with E-state index < -0.39 is 325 Å². The van der Waals surface area contributed by atoms with Gasteiger partial charge in [0.15, 0.2) is 0 Å². The van der Waals surface area contributed by atoms with Crippen molar-refractivity contribution in [3.63, 3.8) is 0 Å². The van der Waals surface area contributed by atoms with E-state index in [0.717, 1.165) is 0 Å². The summed E-state index contributed by atoms with van der Waals surface area (Å²) >= 11 is 8.21. The van der Waals surface area contributed by atoms with Gasteiger partial charge in [-0.3, -0.25) is 105 Å². The van der Waals surface area contributed by atoms with Crippen molar-refractivity contribution in [2.75, 3.05) is 57.4 Å². The first kappa shape index (κ1) is 129. The van der Waals surface area contributed by atoms with Crippen LogP contribution >= 0.6 is 25.3 Å². The minimum atomic E-state index is -1.76. The number of nitrogens with one attached hydrogen (secondary N) is 19. The molecule has 0 aliphatic carbocycles. The number of amides is 22. The molecule has 0 radical (unpaired) electrons. The van der Waals surface area contributed by atoms with Crippen LogP contribution in [0.2, 0.25) is 0 Å². The number of hydrogen-bond donors (Lipinski definition) is 29. The van der Waals surface area contributed by atoms with E-state index in [-0.39, 0.29) is 76.2 Å². The van der Waals surface area contributed by atoms with Gasteiger partial charge in [0.1, 0.15) is 103 Å². The molecule has 0 saturated carbocycles. The Bertz CT molecular complexity index is 4090. The number of primary amides is 3. The Morgan fingerprint density at radius 1 is 0.236 bits per heavy atom. The van der Waals surface area contributed by atoms with Gasteiger partial charge in [0.25, 0.3) is 0 Å². The lowest BCUT2D eigenvalue weighted by Crippen LogP contribution is -2.62. The normalized spacial score (nSPS) is 15.0. The molecule has 0 fully saturated rings. The van der Waals surface area contributed by atoms with E-state index in [1.165, 1.54) is 6.92 Å². The van der Waals surface area contributed by atoms with Gasteiger partial charge in [-0.15, -0.1) is 0 Å². The molecular formula is C89H162N26O23S2. The second-order valence-corrected chi connectivity index (χ2v) is 38.0. The van der Waals surface area contributed by atoms with Crippen molar-refractivity contribution in [3.8, 4) is 0 Å². The molecule has 0 aliphatic heterocycles.